The smallest absolute Gasteiger partial charge is 0.304 e. The molecule has 1 rings (SSSR count). The van der Waals surface area contributed by atoms with Crippen molar-refractivity contribution in [2.24, 2.45) is 0 Å². The molecule has 1 N–H and O–H groups in total. The predicted molar refractivity (Wildman–Crippen MR) is 51.8 cm³/mol. The van der Waals surface area contributed by atoms with Crippen LogP contribution in [-0.4, -0.2) is 35.1 Å². The molecule has 13 heavy (non-hydrogen) atoms. The number of nitrogens with zero attached hydrogens (tertiary/aromatic N) is 1. The van der Waals surface area contributed by atoms with E-state index in [4.69, 9.17) is 5.11 Å². The highest BCUT2D eigenvalue weighted by Gasteiger charge is 2.20. The lowest BCUT2D eigenvalue weighted by Crippen LogP contribution is -2.40. The van der Waals surface area contributed by atoms with Gasteiger partial charge in [-0.2, -0.15) is 0 Å². The summed E-state index contributed by atoms with van der Waals surface area (Å²) in [6.07, 6.45) is 5.23. The Balaban J connectivity index is 2.31. The maximum Gasteiger partial charge on any atom is 0.304 e. The highest BCUT2D eigenvalue weighted by atomic mass is 16.4. The number of carbonyl (C=O) groups is 1. The van der Waals surface area contributed by atoms with E-state index in [1.54, 1.807) is 0 Å². The van der Waals surface area contributed by atoms with Crippen molar-refractivity contribution in [3.63, 3.8) is 0 Å². The average molecular weight is 185 g/mol. The number of hydrogen-bond donors (Lipinski definition) is 1. The fourth-order valence-corrected chi connectivity index (χ4v) is 2.06. The van der Waals surface area contributed by atoms with Gasteiger partial charge in [0.25, 0.3) is 0 Å². The first-order chi connectivity index (χ1) is 6.24. The number of hydrogen-bond acceptors (Lipinski definition) is 2. The van der Waals surface area contributed by atoms with E-state index in [0.29, 0.717) is 6.04 Å². The molecule has 1 atom stereocenters. The molecule has 1 unspecified atom stereocenters. The van der Waals surface area contributed by atoms with Crippen LogP contribution in [0.5, 0.6) is 0 Å². The number of carboxylic acids is 1. The zero-order valence-corrected chi connectivity index (χ0v) is 8.33. The number of likely N-dealkylation sites (tertiary alicyclic amines) is 1. The summed E-state index contributed by atoms with van der Waals surface area (Å²) in [6.45, 7) is 4.00. The normalized spacial score (nSPS) is 24.5. The van der Waals surface area contributed by atoms with E-state index in [-0.39, 0.29) is 6.42 Å². The van der Waals surface area contributed by atoms with Gasteiger partial charge in [-0.1, -0.05) is 13.3 Å². The third kappa shape index (κ3) is 3.35. The number of piperidine rings is 1. The number of carboxylic acid groups (broad SMARTS) is 1. The quantitative estimate of drug-likeness (QED) is 0.725. The fraction of sp³-hybridized carbons (Fsp3) is 0.900. The van der Waals surface area contributed by atoms with Crippen molar-refractivity contribution >= 4 is 5.97 Å². The fourth-order valence-electron chi connectivity index (χ4n) is 2.06. The minimum atomic E-state index is -0.680. The molecule has 0 bridgehead atoms. The van der Waals surface area contributed by atoms with Crippen molar-refractivity contribution in [3.05, 3.63) is 0 Å². The monoisotopic (exact) mass is 185 g/mol. The first kappa shape index (κ1) is 10.5. The molecule has 1 aliphatic heterocycles. The molecule has 0 aromatic carbocycles. The summed E-state index contributed by atoms with van der Waals surface area (Å²) in [6, 6.07) is 0.632. The Hall–Kier alpha value is -0.570. The maximum absolute atomic E-state index is 10.4. The van der Waals surface area contributed by atoms with Gasteiger partial charge in [0.1, 0.15) is 0 Å². The minimum absolute atomic E-state index is 0.288. The summed E-state index contributed by atoms with van der Waals surface area (Å²) in [5.74, 6) is -0.680. The Bertz CT molecular complexity index is 170. The van der Waals surface area contributed by atoms with Gasteiger partial charge in [-0.25, -0.2) is 0 Å². The molecule has 1 aliphatic rings. The molecular weight excluding hydrogens is 166 g/mol. The van der Waals surface area contributed by atoms with Crippen molar-refractivity contribution in [3.8, 4) is 0 Å². The van der Waals surface area contributed by atoms with Gasteiger partial charge in [-0.05, 0) is 25.8 Å². The topological polar surface area (TPSA) is 40.5 Å². The molecule has 0 spiro atoms. The summed E-state index contributed by atoms with van der Waals surface area (Å²) >= 11 is 0. The zero-order valence-electron chi connectivity index (χ0n) is 8.33. The van der Waals surface area contributed by atoms with Crippen LogP contribution in [0, 0.1) is 0 Å². The van der Waals surface area contributed by atoms with Crippen molar-refractivity contribution in [1.82, 2.24) is 4.90 Å². The molecule has 0 aromatic heterocycles. The summed E-state index contributed by atoms with van der Waals surface area (Å²) in [7, 11) is 0. The standard InChI is InChI=1S/C10H19NO2/c1-2-9-5-3-4-7-11(9)8-6-10(12)13/h9H,2-8H2,1H3,(H,12,13). The predicted octanol–water partition coefficient (Wildman–Crippen LogP) is 1.73. The first-order valence-corrected chi connectivity index (χ1v) is 5.20. The molecule has 0 radical (unpaired) electrons. The Kier molecular flexibility index (Phi) is 4.22. The average Bonchev–Trinajstić information content (AvgIpc) is 2.15. The molecule has 0 saturated carbocycles. The van der Waals surface area contributed by atoms with Crippen molar-refractivity contribution < 1.29 is 9.90 Å². The van der Waals surface area contributed by atoms with Crippen molar-refractivity contribution in [1.29, 1.82) is 0 Å². The SMILES string of the molecule is CCC1CCCCN1CCC(=O)O. The van der Waals surface area contributed by atoms with Gasteiger partial charge >= 0.3 is 5.97 Å². The van der Waals surface area contributed by atoms with Gasteiger partial charge in [0, 0.05) is 12.6 Å². The third-order valence-corrected chi connectivity index (χ3v) is 2.83. The van der Waals surface area contributed by atoms with Gasteiger partial charge in [0.05, 0.1) is 6.42 Å². The number of rotatable bonds is 4. The van der Waals surface area contributed by atoms with E-state index in [1.165, 1.54) is 19.3 Å². The Morgan fingerprint density at radius 3 is 2.92 bits per heavy atom. The van der Waals surface area contributed by atoms with Crippen LogP contribution < -0.4 is 0 Å². The van der Waals surface area contributed by atoms with E-state index < -0.39 is 5.97 Å². The molecule has 76 valence electrons. The second kappa shape index (κ2) is 5.22. The molecule has 0 amide bonds. The van der Waals surface area contributed by atoms with E-state index in [0.717, 1.165) is 19.5 Å². The Morgan fingerprint density at radius 2 is 2.31 bits per heavy atom. The number of aliphatic carboxylic acids is 1. The van der Waals surface area contributed by atoms with E-state index in [9.17, 15) is 4.79 Å². The third-order valence-electron chi connectivity index (χ3n) is 2.83. The van der Waals surface area contributed by atoms with Gasteiger partial charge in [0.2, 0.25) is 0 Å². The van der Waals surface area contributed by atoms with Gasteiger partial charge in [-0.15, -0.1) is 0 Å². The molecule has 3 heteroatoms. The molecule has 3 nitrogen and oxygen atoms in total. The lowest BCUT2D eigenvalue weighted by atomic mass is 10.00. The van der Waals surface area contributed by atoms with E-state index in [2.05, 4.69) is 11.8 Å². The summed E-state index contributed by atoms with van der Waals surface area (Å²) in [5.41, 5.74) is 0. The molecule has 1 saturated heterocycles. The second-order valence-electron chi connectivity index (χ2n) is 3.74. The van der Waals surface area contributed by atoms with Crippen LogP contribution >= 0.6 is 0 Å². The molecular formula is C10H19NO2. The summed E-state index contributed by atoms with van der Waals surface area (Å²) in [5, 5.41) is 8.58. The lowest BCUT2D eigenvalue weighted by molar-refractivity contribution is -0.137. The molecule has 0 aromatic rings. The van der Waals surface area contributed by atoms with Crippen molar-refractivity contribution in [2.75, 3.05) is 13.1 Å². The minimum Gasteiger partial charge on any atom is -0.481 e. The second-order valence-corrected chi connectivity index (χ2v) is 3.74. The van der Waals surface area contributed by atoms with Crippen LogP contribution in [0.1, 0.15) is 39.0 Å². The molecule has 1 fully saturated rings. The van der Waals surface area contributed by atoms with Crippen LogP contribution in [0.15, 0.2) is 0 Å². The van der Waals surface area contributed by atoms with Gasteiger partial charge in [0.15, 0.2) is 0 Å². The van der Waals surface area contributed by atoms with Crippen LogP contribution in [0.4, 0.5) is 0 Å². The van der Waals surface area contributed by atoms with Crippen LogP contribution in [0.25, 0.3) is 0 Å². The van der Waals surface area contributed by atoms with Crippen LogP contribution in [0.3, 0.4) is 0 Å². The zero-order chi connectivity index (χ0) is 9.68. The van der Waals surface area contributed by atoms with Gasteiger partial charge in [-0.3, -0.25) is 9.69 Å². The van der Waals surface area contributed by atoms with Crippen LogP contribution in [-0.2, 0) is 4.79 Å². The van der Waals surface area contributed by atoms with E-state index >= 15 is 0 Å². The Morgan fingerprint density at radius 1 is 1.54 bits per heavy atom. The summed E-state index contributed by atoms with van der Waals surface area (Å²) < 4.78 is 0. The maximum atomic E-state index is 10.4. The first-order valence-electron chi connectivity index (χ1n) is 5.20. The Labute approximate surface area is 79.7 Å². The van der Waals surface area contributed by atoms with E-state index in [1.807, 2.05) is 0 Å². The molecule has 1 heterocycles. The summed E-state index contributed by atoms with van der Waals surface area (Å²) in [4.78, 5) is 12.7. The lowest BCUT2D eigenvalue weighted by Gasteiger charge is -2.34. The highest BCUT2D eigenvalue weighted by molar-refractivity contribution is 5.66. The highest BCUT2D eigenvalue weighted by Crippen LogP contribution is 2.19. The van der Waals surface area contributed by atoms with Crippen LogP contribution in [0.2, 0.25) is 0 Å². The van der Waals surface area contributed by atoms with Gasteiger partial charge < -0.3 is 5.11 Å². The molecule has 0 aliphatic carbocycles. The largest absolute Gasteiger partial charge is 0.481 e. The van der Waals surface area contributed by atoms with Crippen molar-refractivity contribution in [2.45, 2.75) is 45.1 Å².